The molecule has 0 radical (unpaired) electrons. The minimum atomic E-state index is 0.00408. The average Bonchev–Trinajstić information content (AvgIpc) is 2.47. The molecular formula is C15H23N3O2. The van der Waals surface area contributed by atoms with E-state index in [1.165, 1.54) is 0 Å². The molecule has 1 N–H and O–H groups in total. The number of benzene rings is 1. The Kier molecular flexibility index (Phi) is 5.24. The molecule has 0 saturated carbocycles. The van der Waals surface area contributed by atoms with Crippen molar-refractivity contribution in [1.29, 1.82) is 0 Å². The highest BCUT2D eigenvalue weighted by atomic mass is 16.5. The van der Waals surface area contributed by atoms with Gasteiger partial charge in [0.25, 0.3) is 0 Å². The largest absolute Gasteiger partial charge is 0.494 e. The fourth-order valence-electron chi connectivity index (χ4n) is 2.24. The fourth-order valence-corrected chi connectivity index (χ4v) is 2.24. The van der Waals surface area contributed by atoms with E-state index in [9.17, 15) is 4.79 Å². The van der Waals surface area contributed by atoms with Crippen LogP contribution in [0.1, 0.15) is 12.5 Å². The molecule has 110 valence electrons. The molecule has 5 nitrogen and oxygen atoms in total. The van der Waals surface area contributed by atoms with Crippen LogP contribution >= 0.6 is 0 Å². The predicted molar refractivity (Wildman–Crippen MR) is 78.9 cm³/mol. The number of likely N-dealkylation sites (N-methyl/N-ethyl adjacent to an activating group) is 1. The zero-order valence-corrected chi connectivity index (χ0v) is 12.3. The first kappa shape index (κ1) is 14.7. The highest BCUT2D eigenvalue weighted by Gasteiger charge is 2.18. The van der Waals surface area contributed by atoms with Gasteiger partial charge in [-0.1, -0.05) is 18.2 Å². The summed E-state index contributed by atoms with van der Waals surface area (Å²) in [6.07, 6.45) is 0. The van der Waals surface area contributed by atoms with Gasteiger partial charge in [-0.05, 0) is 20.0 Å². The first-order valence-corrected chi connectivity index (χ1v) is 7.12. The number of carbonyl (C=O) groups is 1. The Hall–Kier alpha value is -1.75. The second-order valence-corrected chi connectivity index (χ2v) is 4.99. The number of rotatable bonds is 4. The van der Waals surface area contributed by atoms with E-state index in [0.717, 1.165) is 37.5 Å². The van der Waals surface area contributed by atoms with Gasteiger partial charge in [0.2, 0.25) is 0 Å². The number of nitrogens with one attached hydrogen (secondary N) is 1. The lowest BCUT2D eigenvalue weighted by Crippen LogP contribution is -2.50. The van der Waals surface area contributed by atoms with Crippen molar-refractivity contribution in [2.24, 2.45) is 0 Å². The number of hydrogen-bond donors (Lipinski definition) is 1. The van der Waals surface area contributed by atoms with Crippen molar-refractivity contribution in [2.75, 3.05) is 39.8 Å². The number of hydrogen-bond acceptors (Lipinski definition) is 3. The first-order chi connectivity index (χ1) is 9.70. The topological polar surface area (TPSA) is 44.8 Å². The number of ether oxygens (including phenoxy) is 1. The molecule has 2 amide bonds. The van der Waals surface area contributed by atoms with Crippen molar-refractivity contribution >= 4 is 6.03 Å². The van der Waals surface area contributed by atoms with Crippen LogP contribution < -0.4 is 10.1 Å². The standard InChI is InChI=1S/C15H23N3O2/c1-3-20-14-7-5-4-6-13(14)12-16-15(19)18-10-8-17(2)9-11-18/h4-7H,3,8-12H2,1-2H3,(H,16,19). The lowest BCUT2D eigenvalue weighted by atomic mass is 10.2. The summed E-state index contributed by atoms with van der Waals surface area (Å²) < 4.78 is 5.56. The van der Waals surface area contributed by atoms with Crippen molar-refractivity contribution < 1.29 is 9.53 Å². The molecule has 0 unspecified atom stereocenters. The Labute approximate surface area is 120 Å². The van der Waals surface area contributed by atoms with Crippen LogP contribution in [-0.4, -0.2) is 55.7 Å². The van der Waals surface area contributed by atoms with Crippen LogP contribution in [-0.2, 0) is 6.54 Å². The monoisotopic (exact) mass is 277 g/mol. The van der Waals surface area contributed by atoms with E-state index >= 15 is 0 Å². The zero-order valence-electron chi connectivity index (χ0n) is 12.3. The van der Waals surface area contributed by atoms with Crippen LogP contribution in [0.3, 0.4) is 0 Å². The third-order valence-electron chi connectivity index (χ3n) is 3.49. The molecule has 1 heterocycles. The number of piperazine rings is 1. The molecule has 1 aliphatic heterocycles. The van der Waals surface area contributed by atoms with Crippen molar-refractivity contribution in [1.82, 2.24) is 15.1 Å². The van der Waals surface area contributed by atoms with Gasteiger partial charge in [0.05, 0.1) is 6.61 Å². The summed E-state index contributed by atoms with van der Waals surface area (Å²) >= 11 is 0. The summed E-state index contributed by atoms with van der Waals surface area (Å²) in [4.78, 5) is 16.2. The highest BCUT2D eigenvalue weighted by Crippen LogP contribution is 2.17. The Morgan fingerprint density at radius 1 is 1.25 bits per heavy atom. The number of para-hydroxylation sites is 1. The molecule has 1 aromatic rings. The van der Waals surface area contributed by atoms with Gasteiger partial charge in [-0.2, -0.15) is 0 Å². The minimum absolute atomic E-state index is 0.00408. The summed E-state index contributed by atoms with van der Waals surface area (Å²) in [7, 11) is 2.08. The summed E-state index contributed by atoms with van der Waals surface area (Å²) in [5.74, 6) is 0.841. The molecule has 1 aliphatic rings. The maximum Gasteiger partial charge on any atom is 0.317 e. The number of nitrogens with zero attached hydrogens (tertiary/aromatic N) is 2. The van der Waals surface area contributed by atoms with Crippen LogP contribution in [0, 0.1) is 0 Å². The zero-order chi connectivity index (χ0) is 14.4. The second kappa shape index (κ2) is 7.14. The van der Waals surface area contributed by atoms with Gasteiger partial charge < -0.3 is 19.9 Å². The van der Waals surface area contributed by atoms with Gasteiger partial charge in [-0.15, -0.1) is 0 Å². The van der Waals surface area contributed by atoms with Crippen LogP contribution in [0.15, 0.2) is 24.3 Å². The Balaban J connectivity index is 1.87. The summed E-state index contributed by atoms with van der Waals surface area (Å²) in [5.41, 5.74) is 1.01. The SMILES string of the molecule is CCOc1ccccc1CNC(=O)N1CCN(C)CC1. The van der Waals surface area contributed by atoms with Crippen LogP contribution in [0.25, 0.3) is 0 Å². The lowest BCUT2D eigenvalue weighted by molar-refractivity contribution is 0.154. The fraction of sp³-hybridized carbons (Fsp3) is 0.533. The van der Waals surface area contributed by atoms with Crippen LogP contribution in [0.4, 0.5) is 4.79 Å². The van der Waals surface area contributed by atoms with Gasteiger partial charge in [-0.25, -0.2) is 4.79 Å². The molecule has 1 saturated heterocycles. The van der Waals surface area contributed by atoms with Gasteiger partial charge in [0, 0.05) is 38.3 Å². The molecule has 0 bridgehead atoms. The van der Waals surface area contributed by atoms with E-state index in [1.54, 1.807) is 0 Å². The van der Waals surface area contributed by atoms with E-state index in [2.05, 4.69) is 17.3 Å². The van der Waals surface area contributed by atoms with Crippen molar-refractivity contribution in [3.8, 4) is 5.75 Å². The van der Waals surface area contributed by atoms with E-state index in [-0.39, 0.29) is 6.03 Å². The molecule has 2 rings (SSSR count). The molecule has 0 aliphatic carbocycles. The first-order valence-electron chi connectivity index (χ1n) is 7.12. The molecular weight excluding hydrogens is 254 g/mol. The Morgan fingerprint density at radius 2 is 1.95 bits per heavy atom. The molecule has 1 fully saturated rings. The number of amides is 2. The van der Waals surface area contributed by atoms with Gasteiger partial charge in [0.1, 0.15) is 5.75 Å². The van der Waals surface area contributed by atoms with Gasteiger partial charge in [-0.3, -0.25) is 0 Å². The van der Waals surface area contributed by atoms with Crippen molar-refractivity contribution in [2.45, 2.75) is 13.5 Å². The third kappa shape index (κ3) is 3.87. The van der Waals surface area contributed by atoms with Crippen molar-refractivity contribution in [3.63, 3.8) is 0 Å². The Bertz CT molecular complexity index is 442. The van der Waals surface area contributed by atoms with Crippen LogP contribution in [0.2, 0.25) is 0 Å². The number of carbonyl (C=O) groups excluding carboxylic acids is 1. The van der Waals surface area contributed by atoms with Gasteiger partial charge >= 0.3 is 6.03 Å². The molecule has 0 spiro atoms. The number of urea groups is 1. The van der Waals surface area contributed by atoms with Gasteiger partial charge in [0.15, 0.2) is 0 Å². The van der Waals surface area contributed by atoms with Crippen molar-refractivity contribution in [3.05, 3.63) is 29.8 Å². The predicted octanol–water partition coefficient (Wildman–Crippen LogP) is 1.54. The average molecular weight is 277 g/mol. The smallest absolute Gasteiger partial charge is 0.317 e. The minimum Gasteiger partial charge on any atom is -0.494 e. The lowest BCUT2D eigenvalue weighted by Gasteiger charge is -2.32. The second-order valence-electron chi connectivity index (χ2n) is 4.99. The molecule has 20 heavy (non-hydrogen) atoms. The van der Waals surface area contributed by atoms with E-state index in [0.29, 0.717) is 13.2 Å². The molecule has 0 aromatic heterocycles. The van der Waals surface area contributed by atoms with E-state index < -0.39 is 0 Å². The maximum absolute atomic E-state index is 12.1. The molecule has 5 heteroatoms. The molecule has 0 atom stereocenters. The third-order valence-corrected chi connectivity index (χ3v) is 3.49. The van der Waals surface area contributed by atoms with Crippen LogP contribution in [0.5, 0.6) is 5.75 Å². The van der Waals surface area contributed by atoms with E-state index in [4.69, 9.17) is 4.74 Å². The summed E-state index contributed by atoms with van der Waals surface area (Å²) in [6, 6.07) is 7.82. The summed E-state index contributed by atoms with van der Waals surface area (Å²) in [5, 5.41) is 2.97. The highest BCUT2D eigenvalue weighted by molar-refractivity contribution is 5.74. The quantitative estimate of drug-likeness (QED) is 0.908. The molecule has 1 aromatic carbocycles. The normalized spacial score (nSPS) is 16.0. The maximum atomic E-state index is 12.1. The summed E-state index contributed by atoms with van der Waals surface area (Å²) in [6.45, 7) is 6.53. The van der Waals surface area contributed by atoms with E-state index in [1.807, 2.05) is 36.1 Å². The Morgan fingerprint density at radius 3 is 2.65 bits per heavy atom.